The van der Waals surface area contributed by atoms with Gasteiger partial charge in [-0.15, -0.1) is 11.3 Å². The summed E-state index contributed by atoms with van der Waals surface area (Å²) in [6.07, 6.45) is 0. The van der Waals surface area contributed by atoms with Crippen molar-refractivity contribution in [3.05, 3.63) is 64.2 Å². The molecule has 4 rings (SSSR count). The van der Waals surface area contributed by atoms with Gasteiger partial charge in [0.05, 0.1) is 20.9 Å². The van der Waals surface area contributed by atoms with Crippen LogP contribution in [-0.4, -0.2) is 15.9 Å². The molecule has 4 nitrogen and oxygen atoms in total. The molecule has 0 aliphatic carbocycles. The van der Waals surface area contributed by atoms with E-state index >= 15 is 0 Å². The number of halogens is 1. The Morgan fingerprint density at radius 1 is 1.08 bits per heavy atom. The summed E-state index contributed by atoms with van der Waals surface area (Å²) in [7, 11) is 0. The van der Waals surface area contributed by atoms with Gasteiger partial charge in [0.15, 0.2) is 5.13 Å². The van der Waals surface area contributed by atoms with Crippen molar-refractivity contribution in [1.82, 2.24) is 9.97 Å². The van der Waals surface area contributed by atoms with Crippen LogP contribution in [0.2, 0.25) is 0 Å². The Bertz CT molecular complexity index is 1070. The van der Waals surface area contributed by atoms with Crippen molar-refractivity contribution >= 4 is 43.9 Å². The molecular weight excluding hydrogens is 357 g/mol. The van der Waals surface area contributed by atoms with E-state index in [1.54, 1.807) is 6.07 Å². The molecule has 0 radical (unpaired) electrons. The van der Waals surface area contributed by atoms with Crippen molar-refractivity contribution in [3.8, 4) is 11.3 Å². The molecule has 0 fully saturated rings. The molecular formula is C18H12FN3OS2. The predicted molar refractivity (Wildman–Crippen MR) is 99.8 cm³/mol. The minimum absolute atomic E-state index is 0.260. The molecule has 2 aromatic carbocycles. The predicted octanol–water partition coefficient (Wildman–Crippen LogP) is 5.12. The lowest BCUT2D eigenvalue weighted by Gasteiger charge is -2.02. The van der Waals surface area contributed by atoms with Crippen molar-refractivity contribution in [2.45, 2.75) is 6.92 Å². The third-order valence-electron chi connectivity index (χ3n) is 3.56. The van der Waals surface area contributed by atoms with Crippen LogP contribution in [0.15, 0.2) is 48.5 Å². The summed E-state index contributed by atoms with van der Waals surface area (Å²) in [6.45, 7) is 1.87. The first-order valence-electron chi connectivity index (χ1n) is 7.50. The van der Waals surface area contributed by atoms with Crippen LogP contribution in [0.4, 0.5) is 9.52 Å². The van der Waals surface area contributed by atoms with Gasteiger partial charge >= 0.3 is 0 Å². The van der Waals surface area contributed by atoms with Crippen LogP contribution in [0.5, 0.6) is 0 Å². The molecule has 0 spiro atoms. The molecule has 0 aliphatic rings. The van der Waals surface area contributed by atoms with Gasteiger partial charge < -0.3 is 0 Å². The Morgan fingerprint density at radius 3 is 2.68 bits per heavy atom. The van der Waals surface area contributed by atoms with E-state index in [-0.39, 0.29) is 11.7 Å². The molecule has 4 aromatic rings. The van der Waals surface area contributed by atoms with Crippen molar-refractivity contribution in [3.63, 3.8) is 0 Å². The van der Waals surface area contributed by atoms with Gasteiger partial charge in [-0.2, -0.15) is 0 Å². The third kappa shape index (κ3) is 3.16. The summed E-state index contributed by atoms with van der Waals surface area (Å²) >= 11 is 2.58. The molecule has 0 bridgehead atoms. The highest BCUT2D eigenvalue weighted by molar-refractivity contribution is 7.22. The van der Waals surface area contributed by atoms with Crippen LogP contribution in [0.25, 0.3) is 21.5 Å². The number of fused-ring (bicyclic) bond motifs is 1. The van der Waals surface area contributed by atoms with E-state index in [0.29, 0.717) is 25.9 Å². The molecule has 1 amide bonds. The Kier molecular flexibility index (Phi) is 4.03. The van der Waals surface area contributed by atoms with E-state index in [4.69, 9.17) is 0 Å². The smallest absolute Gasteiger partial charge is 0.269 e. The highest BCUT2D eigenvalue weighted by Gasteiger charge is 2.19. The van der Waals surface area contributed by atoms with E-state index in [1.165, 1.54) is 34.8 Å². The first kappa shape index (κ1) is 15.9. The molecule has 124 valence electrons. The van der Waals surface area contributed by atoms with Crippen molar-refractivity contribution in [1.29, 1.82) is 0 Å². The van der Waals surface area contributed by atoms with Gasteiger partial charge in [0.25, 0.3) is 5.91 Å². The Labute approximate surface area is 151 Å². The zero-order valence-electron chi connectivity index (χ0n) is 13.1. The van der Waals surface area contributed by atoms with Crippen LogP contribution in [0, 0.1) is 12.7 Å². The standard InChI is InChI=1S/C18H12FN3OS2/c1-10-20-15(11-5-3-2-4-6-11)16(24-10)17(23)22-18-21-13-8-7-12(19)9-14(13)25-18/h2-9H,1H3,(H,21,22,23). The summed E-state index contributed by atoms with van der Waals surface area (Å²) in [4.78, 5) is 22.1. The minimum atomic E-state index is -0.321. The molecule has 0 atom stereocenters. The SMILES string of the molecule is Cc1nc(-c2ccccc2)c(C(=O)Nc2nc3ccc(F)cc3s2)s1. The van der Waals surface area contributed by atoms with Crippen molar-refractivity contribution in [2.24, 2.45) is 0 Å². The number of carbonyl (C=O) groups is 1. The maximum atomic E-state index is 13.3. The van der Waals surface area contributed by atoms with Crippen LogP contribution in [0.3, 0.4) is 0 Å². The Balaban J connectivity index is 1.67. The van der Waals surface area contributed by atoms with Gasteiger partial charge in [0.2, 0.25) is 0 Å². The number of rotatable bonds is 3. The zero-order chi connectivity index (χ0) is 17.4. The summed E-state index contributed by atoms with van der Waals surface area (Å²) in [5, 5.41) is 4.06. The van der Waals surface area contributed by atoms with Crippen LogP contribution >= 0.6 is 22.7 Å². The molecule has 0 saturated heterocycles. The zero-order valence-corrected chi connectivity index (χ0v) is 14.7. The maximum Gasteiger partial charge on any atom is 0.269 e. The fraction of sp³-hybridized carbons (Fsp3) is 0.0556. The van der Waals surface area contributed by atoms with Gasteiger partial charge in [-0.3, -0.25) is 10.1 Å². The summed E-state index contributed by atoms with van der Waals surface area (Å²) in [5.74, 6) is -0.581. The number of thiazole rings is 2. The van der Waals surface area contributed by atoms with Crippen LogP contribution in [0.1, 0.15) is 14.7 Å². The lowest BCUT2D eigenvalue weighted by atomic mass is 10.1. The van der Waals surface area contributed by atoms with E-state index in [2.05, 4.69) is 15.3 Å². The second-order valence-electron chi connectivity index (χ2n) is 5.36. The molecule has 0 unspecified atom stereocenters. The largest absolute Gasteiger partial charge is 0.297 e. The second kappa shape index (κ2) is 6.34. The first-order valence-corrected chi connectivity index (χ1v) is 9.14. The topological polar surface area (TPSA) is 54.9 Å². The highest BCUT2D eigenvalue weighted by atomic mass is 32.1. The minimum Gasteiger partial charge on any atom is -0.297 e. The van der Waals surface area contributed by atoms with Crippen LogP contribution in [-0.2, 0) is 0 Å². The average Bonchev–Trinajstić information content (AvgIpc) is 3.18. The van der Waals surface area contributed by atoms with Gasteiger partial charge in [-0.05, 0) is 25.1 Å². The molecule has 2 heterocycles. The van der Waals surface area contributed by atoms with E-state index < -0.39 is 0 Å². The average molecular weight is 369 g/mol. The number of hydrogen-bond acceptors (Lipinski definition) is 5. The Hall–Kier alpha value is -2.64. The fourth-order valence-electron chi connectivity index (χ4n) is 2.48. The third-order valence-corrected chi connectivity index (χ3v) is 5.46. The maximum absolute atomic E-state index is 13.3. The van der Waals surface area contributed by atoms with E-state index in [9.17, 15) is 9.18 Å². The summed E-state index contributed by atoms with van der Waals surface area (Å²) in [5.41, 5.74) is 2.21. The second-order valence-corrected chi connectivity index (χ2v) is 7.60. The first-order chi connectivity index (χ1) is 12.1. The Morgan fingerprint density at radius 2 is 1.88 bits per heavy atom. The van der Waals surface area contributed by atoms with Gasteiger partial charge in [-0.25, -0.2) is 14.4 Å². The number of amides is 1. The van der Waals surface area contributed by atoms with Crippen molar-refractivity contribution in [2.75, 3.05) is 5.32 Å². The molecule has 7 heteroatoms. The summed E-state index contributed by atoms with van der Waals surface area (Å²) < 4.78 is 14.0. The van der Waals surface area contributed by atoms with Gasteiger partial charge in [-0.1, -0.05) is 41.7 Å². The molecule has 0 aliphatic heterocycles. The van der Waals surface area contributed by atoms with Crippen LogP contribution < -0.4 is 5.32 Å². The molecule has 25 heavy (non-hydrogen) atoms. The van der Waals surface area contributed by atoms with Gasteiger partial charge in [0, 0.05) is 5.56 Å². The number of aryl methyl sites for hydroxylation is 1. The number of hydrogen-bond donors (Lipinski definition) is 1. The van der Waals surface area contributed by atoms with E-state index in [0.717, 1.165) is 10.6 Å². The van der Waals surface area contributed by atoms with Crippen molar-refractivity contribution < 1.29 is 9.18 Å². The van der Waals surface area contributed by atoms with Gasteiger partial charge in [0.1, 0.15) is 10.7 Å². The highest BCUT2D eigenvalue weighted by Crippen LogP contribution is 2.31. The lowest BCUT2D eigenvalue weighted by molar-refractivity contribution is 0.103. The number of anilines is 1. The normalized spacial score (nSPS) is 11.0. The number of nitrogens with zero attached hydrogens (tertiary/aromatic N) is 2. The number of carbonyl (C=O) groups excluding carboxylic acids is 1. The van der Waals surface area contributed by atoms with E-state index in [1.807, 2.05) is 37.3 Å². The lowest BCUT2D eigenvalue weighted by Crippen LogP contribution is -2.11. The monoisotopic (exact) mass is 369 g/mol. The number of nitrogens with one attached hydrogen (secondary N) is 1. The number of benzene rings is 2. The fourth-order valence-corrected chi connectivity index (χ4v) is 4.20. The molecule has 0 saturated carbocycles. The molecule has 2 aromatic heterocycles. The quantitative estimate of drug-likeness (QED) is 0.545. The summed E-state index contributed by atoms with van der Waals surface area (Å²) in [6, 6.07) is 14.0. The molecule has 1 N–H and O–H groups in total. The number of aromatic nitrogens is 2.